The molecule has 1 heterocycles. The maximum Gasteiger partial charge on any atom is 0.132 e. The minimum Gasteiger partial charge on any atom is -0.485 e. The van der Waals surface area contributed by atoms with E-state index in [1.807, 2.05) is 26.1 Å². The fraction of sp³-hybridized carbons (Fsp3) is 0.360. The van der Waals surface area contributed by atoms with Gasteiger partial charge in [0.25, 0.3) is 0 Å². The molecule has 3 aromatic rings. The lowest BCUT2D eigenvalue weighted by Crippen LogP contribution is -2.51. The van der Waals surface area contributed by atoms with E-state index in [0.29, 0.717) is 13.2 Å². The van der Waals surface area contributed by atoms with E-state index in [9.17, 15) is 0 Å². The first-order valence-electron chi connectivity index (χ1n) is 10.2. The lowest BCUT2D eigenvalue weighted by Gasteiger charge is -2.44. The van der Waals surface area contributed by atoms with Crippen LogP contribution in [0.2, 0.25) is 0 Å². The number of ether oxygens (including phenoxy) is 3. The number of nitrogens with one attached hydrogen (secondary N) is 1. The van der Waals surface area contributed by atoms with Gasteiger partial charge >= 0.3 is 0 Å². The maximum atomic E-state index is 6.46. The van der Waals surface area contributed by atoms with Gasteiger partial charge < -0.3 is 19.5 Å². The van der Waals surface area contributed by atoms with Gasteiger partial charge in [-0.3, -0.25) is 0 Å². The molecule has 0 amide bonds. The molecule has 4 heteroatoms. The Labute approximate surface area is 172 Å². The molecule has 3 aromatic carbocycles. The van der Waals surface area contributed by atoms with Gasteiger partial charge in [-0.25, -0.2) is 0 Å². The van der Waals surface area contributed by atoms with Gasteiger partial charge in [-0.1, -0.05) is 36.4 Å². The number of hydrogen-bond acceptors (Lipinski definition) is 4. The molecule has 152 valence electrons. The van der Waals surface area contributed by atoms with Crippen LogP contribution in [0.3, 0.4) is 0 Å². The summed E-state index contributed by atoms with van der Waals surface area (Å²) in [6.45, 7) is 7.27. The van der Waals surface area contributed by atoms with Crippen molar-refractivity contribution in [2.45, 2.75) is 45.2 Å². The Bertz CT molecular complexity index is 998. The van der Waals surface area contributed by atoms with Crippen molar-refractivity contribution in [3.05, 3.63) is 71.8 Å². The zero-order chi connectivity index (χ0) is 20.4. The minimum atomic E-state index is -0.509. The average Bonchev–Trinajstić information content (AvgIpc) is 2.72. The fourth-order valence-electron chi connectivity index (χ4n) is 4.05. The van der Waals surface area contributed by atoms with Crippen LogP contribution < -0.4 is 10.1 Å². The van der Waals surface area contributed by atoms with Crippen molar-refractivity contribution in [2.24, 2.45) is 0 Å². The largest absolute Gasteiger partial charge is 0.485 e. The Hall–Kier alpha value is -2.56. The highest BCUT2D eigenvalue weighted by Crippen LogP contribution is 2.44. The van der Waals surface area contributed by atoms with E-state index in [4.69, 9.17) is 14.2 Å². The van der Waals surface area contributed by atoms with Crippen molar-refractivity contribution < 1.29 is 14.2 Å². The highest BCUT2D eigenvalue weighted by Gasteiger charge is 2.45. The summed E-state index contributed by atoms with van der Waals surface area (Å²) in [6.07, 6.45) is -0.416. The molecule has 1 aliphatic heterocycles. The molecular weight excluding hydrogens is 362 g/mol. The van der Waals surface area contributed by atoms with Crippen LogP contribution in [0.4, 0.5) is 5.69 Å². The summed E-state index contributed by atoms with van der Waals surface area (Å²) in [4.78, 5) is 0. The molecule has 0 saturated heterocycles. The van der Waals surface area contributed by atoms with Gasteiger partial charge in [0.05, 0.1) is 6.61 Å². The molecule has 0 radical (unpaired) electrons. The molecule has 2 atom stereocenters. The third-order valence-corrected chi connectivity index (χ3v) is 5.53. The van der Waals surface area contributed by atoms with Gasteiger partial charge in [0.2, 0.25) is 0 Å². The lowest BCUT2D eigenvalue weighted by atomic mass is 9.87. The summed E-state index contributed by atoms with van der Waals surface area (Å²) in [5, 5.41) is 5.65. The number of anilines is 1. The highest BCUT2D eigenvalue weighted by molar-refractivity contribution is 5.82. The molecule has 4 nitrogen and oxygen atoms in total. The van der Waals surface area contributed by atoms with Crippen LogP contribution in [0.5, 0.6) is 5.75 Å². The van der Waals surface area contributed by atoms with Gasteiger partial charge in [-0.2, -0.15) is 0 Å². The second kappa shape index (κ2) is 8.05. The highest BCUT2D eigenvalue weighted by atomic mass is 16.6. The first-order valence-corrected chi connectivity index (χ1v) is 10.2. The standard InChI is InChI=1S/C25H29NO3/c1-5-27-23-21-15-20(26-4)12-13-22(21)29-25(2,3)24(23)28-16-17-10-11-18-8-6-7-9-19(18)14-17/h6-15,23-24,26H,5,16H2,1-4H3. The summed E-state index contributed by atoms with van der Waals surface area (Å²) in [5.74, 6) is 0.859. The number of fused-ring (bicyclic) bond motifs is 2. The number of rotatable bonds is 6. The molecule has 2 unspecified atom stereocenters. The van der Waals surface area contributed by atoms with Gasteiger partial charge in [-0.15, -0.1) is 0 Å². The summed E-state index contributed by atoms with van der Waals surface area (Å²) < 4.78 is 19.0. The van der Waals surface area contributed by atoms with E-state index >= 15 is 0 Å². The van der Waals surface area contributed by atoms with Crippen molar-refractivity contribution in [3.63, 3.8) is 0 Å². The molecule has 0 fully saturated rings. The average molecular weight is 392 g/mol. The van der Waals surface area contributed by atoms with E-state index in [1.54, 1.807) is 0 Å². The molecular formula is C25H29NO3. The normalized spacial score (nSPS) is 20.1. The maximum absolute atomic E-state index is 6.46. The van der Waals surface area contributed by atoms with E-state index in [2.05, 4.69) is 67.7 Å². The van der Waals surface area contributed by atoms with E-state index in [-0.39, 0.29) is 12.2 Å². The molecule has 0 aromatic heterocycles. The molecule has 4 rings (SSSR count). The SMILES string of the molecule is CCOC1c2cc(NC)ccc2OC(C)(C)C1OCc1ccc2ccccc2c1. The molecule has 0 aliphatic carbocycles. The minimum absolute atomic E-state index is 0.187. The van der Waals surface area contributed by atoms with Crippen LogP contribution in [-0.4, -0.2) is 25.4 Å². The van der Waals surface area contributed by atoms with Crippen molar-refractivity contribution in [1.82, 2.24) is 0 Å². The third-order valence-electron chi connectivity index (χ3n) is 5.53. The molecule has 0 bridgehead atoms. The van der Waals surface area contributed by atoms with Crippen LogP contribution in [0.25, 0.3) is 10.8 Å². The first kappa shape index (κ1) is 19.7. The Morgan fingerprint density at radius 1 is 0.966 bits per heavy atom. The number of benzene rings is 3. The molecule has 1 aliphatic rings. The quantitative estimate of drug-likeness (QED) is 0.584. The van der Waals surface area contributed by atoms with Crippen LogP contribution in [0, 0.1) is 0 Å². The van der Waals surface area contributed by atoms with Crippen LogP contribution in [0.15, 0.2) is 60.7 Å². The smallest absolute Gasteiger partial charge is 0.132 e. The zero-order valence-electron chi connectivity index (χ0n) is 17.6. The van der Waals surface area contributed by atoms with E-state index < -0.39 is 5.60 Å². The van der Waals surface area contributed by atoms with Crippen molar-refractivity contribution >= 4 is 16.5 Å². The van der Waals surface area contributed by atoms with Crippen molar-refractivity contribution in [2.75, 3.05) is 19.0 Å². The fourth-order valence-corrected chi connectivity index (χ4v) is 4.05. The molecule has 1 N–H and O–H groups in total. The van der Waals surface area contributed by atoms with E-state index in [1.165, 1.54) is 10.8 Å². The van der Waals surface area contributed by atoms with E-state index in [0.717, 1.165) is 22.6 Å². The summed E-state index contributed by atoms with van der Waals surface area (Å²) >= 11 is 0. The Kier molecular flexibility index (Phi) is 5.48. The summed E-state index contributed by atoms with van der Waals surface area (Å²) in [5.41, 5.74) is 2.70. The van der Waals surface area contributed by atoms with Crippen LogP contribution in [0.1, 0.15) is 38.0 Å². The third kappa shape index (κ3) is 3.96. The predicted molar refractivity (Wildman–Crippen MR) is 118 cm³/mol. The topological polar surface area (TPSA) is 39.7 Å². The zero-order valence-corrected chi connectivity index (χ0v) is 17.6. The first-order chi connectivity index (χ1) is 14.0. The van der Waals surface area contributed by atoms with Gasteiger partial charge in [-0.05, 0) is 61.4 Å². The molecule has 29 heavy (non-hydrogen) atoms. The van der Waals surface area contributed by atoms with Crippen LogP contribution >= 0.6 is 0 Å². The molecule has 0 spiro atoms. The van der Waals surface area contributed by atoms with Crippen LogP contribution in [-0.2, 0) is 16.1 Å². The van der Waals surface area contributed by atoms with Crippen molar-refractivity contribution in [3.8, 4) is 5.75 Å². The lowest BCUT2D eigenvalue weighted by molar-refractivity contribution is -0.165. The molecule has 0 saturated carbocycles. The Morgan fingerprint density at radius 2 is 1.76 bits per heavy atom. The summed E-state index contributed by atoms with van der Waals surface area (Å²) in [7, 11) is 1.92. The van der Waals surface area contributed by atoms with Gasteiger partial charge in [0, 0.05) is 24.9 Å². The predicted octanol–water partition coefficient (Wildman–Crippen LogP) is 5.72. The second-order valence-electron chi connectivity index (χ2n) is 8.00. The number of hydrogen-bond donors (Lipinski definition) is 1. The Morgan fingerprint density at radius 3 is 2.52 bits per heavy atom. The van der Waals surface area contributed by atoms with Crippen molar-refractivity contribution in [1.29, 1.82) is 0 Å². The monoisotopic (exact) mass is 391 g/mol. The summed E-state index contributed by atoms with van der Waals surface area (Å²) in [6, 6.07) is 21.0. The van der Waals surface area contributed by atoms with Gasteiger partial charge in [0.1, 0.15) is 23.6 Å². The van der Waals surface area contributed by atoms with Gasteiger partial charge in [0.15, 0.2) is 0 Å². The Balaban J connectivity index is 1.62. The second-order valence-corrected chi connectivity index (χ2v) is 8.00.